The third-order valence-corrected chi connectivity index (χ3v) is 4.14. The van der Waals surface area contributed by atoms with E-state index in [-0.39, 0.29) is 18.5 Å². The lowest BCUT2D eigenvalue weighted by Crippen LogP contribution is -2.38. The molecule has 0 amide bonds. The molecule has 0 unspecified atom stereocenters. The molecule has 0 aliphatic carbocycles. The quantitative estimate of drug-likeness (QED) is 0.670. The Hall–Kier alpha value is -2.67. The van der Waals surface area contributed by atoms with Gasteiger partial charge in [0.25, 0.3) is 0 Å². The molecule has 1 aliphatic heterocycles. The number of pyridine rings is 1. The summed E-state index contributed by atoms with van der Waals surface area (Å²) < 4.78 is 5.98. The largest absolute Gasteiger partial charge is 0.490 e. The third-order valence-electron chi connectivity index (χ3n) is 4.14. The number of benzene rings is 1. The predicted octanol–water partition coefficient (Wildman–Crippen LogP) is 2.53. The molecule has 1 aromatic heterocycles. The number of nitrogens with zero attached hydrogens (tertiary/aromatic N) is 3. The first-order valence-corrected chi connectivity index (χ1v) is 7.87. The molecule has 1 aliphatic rings. The molecule has 0 spiro atoms. The van der Waals surface area contributed by atoms with Crippen LogP contribution >= 0.6 is 0 Å². The fraction of sp³-hybridized carbons (Fsp3) is 0.353. The Balaban J connectivity index is 1.54. The van der Waals surface area contributed by atoms with Crippen molar-refractivity contribution < 1.29 is 14.8 Å². The smallest absolute Gasteiger partial charge is 0.363 e. The molecule has 7 heteroatoms. The van der Waals surface area contributed by atoms with Crippen LogP contribution in [-0.2, 0) is 6.61 Å². The number of aromatic nitrogens is 1. The van der Waals surface area contributed by atoms with Gasteiger partial charge in [0.15, 0.2) is 6.20 Å². The minimum Gasteiger partial charge on any atom is -0.490 e. The maximum Gasteiger partial charge on any atom is 0.363 e. The Morgan fingerprint density at radius 1 is 1.21 bits per heavy atom. The zero-order valence-electron chi connectivity index (χ0n) is 13.2. The van der Waals surface area contributed by atoms with Gasteiger partial charge in [-0.1, -0.05) is 12.1 Å². The van der Waals surface area contributed by atoms with Crippen molar-refractivity contribution >= 4 is 11.5 Å². The number of rotatable bonds is 5. The minimum absolute atomic E-state index is 0.0297. The molecule has 1 aromatic carbocycles. The Morgan fingerprint density at radius 3 is 2.46 bits per heavy atom. The van der Waals surface area contributed by atoms with E-state index in [1.54, 1.807) is 12.3 Å². The first kappa shape index (κ1) is 16.2. The van der Waals surface area contributed by atoms with Crippen LogP contribution in [0.15, 0.2) is 42.6 Å². The Bertz CT molecular complexity index is 680. The third kappa shape index (κ3) is 3.80. The van der Waals surface area contributed by atoms with E-state index in [4.69, 9.17) is 9.84 Å². The van der Waals surface area contributed by atoms with Gasteiger partial charge in [-0.05, 0) is 33.7 Å². The van der Waals surface area contributed by atoms with Crippen molar-refractivity contribution in [3.8, 4) is 5.75 Å². The number of ether oxygens (including phenoxy) is 1. The van der Waals surface area contributed by atoms with Crippen LogP contribution in [0.2, 0.25) is 0 Å². The molecule has 2 heterocycles. The van der Waals surface area contributed by atoms with E-state index in [0.29, 0.717) is 0 Å². The number of aliphatic hydroxyl groups is 1. The van der Waals surface area contributed by atoms with Crippen molar-refractivity contribution in [1.29, 1.82) is 0 Å². The van der Waals surface area contributed by atoms with Gasteiger partial charge < -0.3 is 24.9 Å². The van der Waals surface area contributed by atoms with Gasteiger partial charge >= 0.3 is 5.82 Å². The van der Waals surface area contributed by atoms with E-state index in [0.717, 1.165) is 42.9 Å². The number of nitro groups is 1. The van der Waals surface area contributed by atoms with Crippen LogP contribution in [0.1, 0.15) is 18.4 Å². The molecule has 0 saturated carbocycles. The van der Waals surface area contributed by atoms with Gasteiger partial charge in [-0.3, -0.25) is 0 Å². The lowest BCUT2D eigenvalue weighted by molar-refractivity contribution is -0.389. The van der Waals surface area contributed by atoms with Crippen molar-refractivity contribution in [3.63, 3.8) is 0 Å². The van der Waals surface area contributed by atoms with E-state index in [1.807, 2.05) is 24.3 Å². The molecule has 0 bridgehead atoms. The SMILES string of the molecule is O=[N+]([O-])c1ccc(N2CCC(Oc3ccc(CO)cc3)CC2)cn1. The second-order valence-corrected chi connectivity index (χ2v) is 5.74. The number of piperidine rings is 1. The second kappa shape index (κ2) is 7.27. The average Bonchev–Trinajstić information content (AvgIpc) is 2.63. The summed E-state index contributed by atoms with van der Waals surface area (Å²) in [6, 6.07) is 10.6. The van der Waals surface area contributed by atoms with Crippen LogP contribution in [0.4, 0.5) is 11.5 Å². The summed E-state index contributed by atoms with van der Waals surface area (Å²) in [7, 11) is 0. The number of hydrogen-bond donors (Lipinski definition) is 1. The summed E-state index contributed by atoms with van der Waals surface area (Å²) in [4.78, 5) is 16.2. The molecule has 1 N–H and O–H groups in total. The Morgan fingerprint density at radius 2 is 1.92 bits per heavy atom. The molecular formula is C17H19N3O4. The van der Waals surface area contributed by atoms with Crippen molar-refractivity contribution in [1.82, 2.24) is 4.98 Å². The molecule has 126 valence electrons. The van der Waals surface area contributed by atoms with Gasteiger partial charge in [0, 0.05) is 32.0 Å². The molecule has 1 fully saturated rings. The van der Waals surface area contributed by atoms with E-state index < -0.39 is 4.92 Å². The highest BCUT2D eigenvalue weighted by molar-refractivity contribution is 5.46. The first-order chi connectivity index (χ1) is 11.7. The lowest BCUT2D eigenvalue weighted by Gasteiger charge is -2.33. The monoisotopic (exact) mass is 329 g/mol. The topological polar surface area (TPSA) is 88.7 Å². The maximum absolute atomic E-state index is 10.6. The highest BCUT2D eigenvalue weighted by Crippen LogP contribution is 2.24. The van der Waals surface area contributed by atoms with E-state index in [1.165, 1.54) is 6.07 Å². The molecule has 7 nitrogen and oxygen atoms in total. The molecule has 0 atom stereocenters. The number of hydrogen-bond acceptors (Lipinski definition) is 6. The lowest BCUT2D eigenvalue weighted by atomic mass is 10.1. The van der Waals surface area contributed by atoms with Crippen molar-refractivity contribution in [2.45, 2.75) is 25.6 Å². The number of aliphatic hydroxyl groups excluding tert-OH is 1. The van der Waals surface area contributed by atoms with Crippen LogP contribution < -0.4 is 9.64 Å². The van der Waals surface area contributed by atoms with Gasteiger partial charge in [0.05, 0.1) is 12.3 Å². The highest BCUT2D eigenvalue weighted by Gasteiger charge is 2.22. The van der Waals surface area contributed by atoms with Crippen molar-refractivity contribution in [2.24, 2.45) is 0 Å². The summed E-state index contributed by atoms with van der Waals surface area (Å²) >= 11 is 0. The molecule has 1 saturated heterocycles. The maximum atomic E-state index is 10.6. The fourth-order valence-electron chi connectivity index (χ4n) is 2.77. The van der Waals surface area contributed by atoms with E-state index in [2.05, 4.69) is 9.88 Å². The van der Waals surface area contributed by atoms with Gasteiger partial charge in [-0.2, -0.15) is 0 Å². The summed E-state index contributed by atoms with van der Waals surface area (Å²) in [5.41, 5.74) is 1.76. The zero-order chi connectivity index (χ0) is 16.9. The van der Waals surface area contributed by atoms with Gasteiger partial charge in [-0.25, -0.2) is 0 Å². The fourth-order valence-corrected chi connectivity index (χ4v) is 2.77. The summed E-state index contributed by atoms with van der Waals surface area (Å²) in [5.74, 6) is 0.672. The van der Waals surface area contributed by atoms with Crippen molar-refractivity contribution in [2.75, 3.05) is 18.0 Å². The van der Waals surface area contributed by atoms with Gasteiger partial charge in [-0.15, -0.1) is 0 Å². The average molecular weight is 329 g/mol. The normalized spacial score (nSPS) is 15.3. The van der Waals surface area contributed by atoms with Crippen LogP contribution in [0.25, 0.3) is 0 Å². The van der Waals surface area contributed by atoms with Crippen LogP contribution in [-0.4, -0.2) is 34.2 Å². The summed E-state index contributed by atoms with van der Waals surface area (Å²) in [6.07, 6.45) is 3.44. The van der Waals surface area contributed by atoms with Crippen LogP contribution in [0.3, 0.4) is 0 Å². The highest BCUT2D eigenvalue weighted by atomic mass is 16.6. The molecule has 2 aromatic rings. The number of anilines is 1. The molecule has 24 heavy (non-hydrogen) atoms. The van der Waals surface area contributed by atoms with Gasteiger partial charge in [0.2, 0.25) is 0 Å². The first-order valence-electron chi connectivity index (χ1n) is 7.87. The zero-order valence-corrected chi connectivity index (χ0v) is 13.2. The Kier molecular flexibility index (Phi) is 4.90. The summed E-state index contributed by atoms with van der Waals surface area (Å²) in [5, 5.41) is 19.7. The van der Waals surface area contributed by atoms with E-state index in [9.17, 15) is 10.1 Å². The standard InChI is InChI=1S/C17H19N3O4/c21-12-13-1-4-15(5-2-13)24-16-7-9-19(10-8-16)14-3-6-17(18-11-14)20(22)23/h1-6,11,16,21H,7-10,12H2. The Labute approximate surface area is 139 Å². The molecular weight excluding hydrogens is 310 g/mol. The second-order valence-electron chi connectivity index (χ2n) is 5.74. The van der Waals surface area contributed by atoms with Crippen LogP contribution in [0.5, 0.6) is 5.75 Å². The molecule has 3 rings (SSSR count). The summed E-state index contributed by atoms with van der Waals surface area (Å²) in [6.45, 7) is 1.67. The predicted molar refractivity (Wildman–Crippen MR) is 89.1 cm³/mol. The van der Waals surface area contributed by atoms with Crippen molar-refractivity contribution in [3.05, 3.63) is 58.3 Å². The minimum atomic E-state index is -0.494. The van der Waals surface area contributed by atoms with Gasteiger partial charge in [0.1, 0.15) is 11.9 Å². The van der Waals surface area contributed by atoms with Crippen LogP contribution in [0, 0.1) is 10.1 Å². The molecule has 0 radical (unpaired) electrons. The van der Waals surface area contributed by atoms with E-state index >= 15 is 0 Å².